The van der Waals surface area contributed by atoms with Crippen LogP contribution in [0.25, 0.3) is 0 Å². The maximum atomic E-state index is 12.7. The van der Waals surface area contributed by atoms with Gasteiger partial charge in [-0.3, -0.25) is 9.59 Å². The summed E-state index contributed by atoms with van der Waals surface area (Å²) in [5.74, 6) is 1.49. The van der Waals surface area contributed by atoms with Crippen molar-refractivity contribution >= 4 is 24.2 Å². The van der Waals surface area contributed by atoms with Crippen molar-refractivity contribution in [3.05, 3.63) is 0 Å². The lowest BCUT2D eigenvalue weighted by molar-refractivity contribution is -0.139. The molecule has 1 N–H and O–H groups in total. The Morgan fingerprint density at radius 1 is 1.17 bits per heavy atom. The van der Waals surface area contributed by atoms with Crippen LogP contribution in [0.3, 0.4) is 0 Å². The smallest absolute Gasteiger partial charge is 0.225 e. The highest BCUT2D eigenvalue weighted by atomic mass is 35.5. The monoisotopic (exact) mass is 357 g/mol. The molecule has 3 aliphatic heterocycles. The van der Waals surface area contributed by atoms with Gasteiger partial charge in [0.05, 0.1) is 0 Å². The predicted molar refractivity (Wildman–Crippen MR) is 97.2 cm³/mol. The second kappa shape index (κ2) is 9.04. The molecule has 0 saturated carbocycles. The Bertz CT molecular complexity index is 438. The maximum Gasteiger partial charge on any atom is 0.225 e. The molecule has 0 unspecified atom stereocenters. The zero-order valence-electron chi connectivity index (χ0n) is 14.8. The molecule has 0 aromatic carbocycles. The average molecular weight is 358 g/mol. The van der Waals surface area contributed by atoms with Crippen LogP contribution in [0.4, 0.5) is 0 Å². The van der Waals surface area contributed by atoms with Crippen LogP contribution >= 0.6 is 12.4 Å². The second-order valence-electron chi connectivity index (χ2n) is 7.64. The van der Waals surface area contributed by atoms with Gasteiger partial charge in [-0.15, -0.1) is 12.4 Å². The van der Waals surface area contributed by atoms with E-state index in [1.54, 1.807) is 0 Å². The van der Waals surface area contributed by atoms with Gasteiger partial charge in [-0.1, -0.05) is 0 Å². The summed E-state index contributed by atoms with van der Waals surface area (Å²) in [4.78, 5) is 28.8. The number of nitrogens with zero attached hydrogens (tertiary/aromatic N) is 2. The molecule has 0 aromatic rings. The third-order valence-corrected chi connectivity index (χ3v) is 5.80. The molecule has 3 aliphatic rings. The SMILES string of the molecule is C[C@H]1C[C@@H](C(=O)N2CCC(CN3CCCCC3=O)CC2)CCN1.Cl. The van der Waals surface area contributed by atoms with Gasteiger partial charge in [0.2, 0.25) is 11.8 Å². The molecule has 2 atom stereocenters. The minimum Gasteiger partial charge on any atom is -0.342 e. The van der Waals surface area contributed by atoms with Gasteiger partial charge in [-0.05, 0) is 57.9 Å². The summed E-state index contributed by atoms with van der Waals surface area (Å²) in [6.45, 7) is 6.73. The number of hydrogen-bond donors (Lipinski definition) is 1. The second-order valence-corrected chi connectivity index (χ2v) is 7.64. The molecule has 3 fully saturated rings. The number of halogens is 1. The number of hydrogen-bond acceptors (Lipinski definition) is 3. The molecule has 24 heavy (non-hydrogen) atoms. The molecule has 0 aliphatic carbocycles. The molecule has 3 rings (SSSR count). The number of likely N-dealkylation sites (tertiary alicyclic amines) is 2. The van der Waals surface area contributed by atoms with Crippen molar-refractivity contribution in [2.45, 2.75) is 57.9 Å². The van der Waals surface area contributed by atoms with Crippen LogP contribution in [0.1, 0.15) is 51.9 Å². The van der Waals surface area contributed by atoms with E-state index in [9.17, 15) is 9.59 Å². The average Bonchev–Trinajstić information content (AvgIpc) is 2.57. The topological polar surface area (TPSA) is 52.7 Å². The van der Waals surface area contributed by atoms with Gasteiger partial charge >= 0.3 is 0 Å². The Morgan fingerprint density at radius 2 is 1.92 bits per heavy atom. The van der Waals surface area contributed by atoms with Crippen molar-refractivity contribution in [2.75, 3.05) is 32.7 Å². The number of nitrogens with one attached hydrogen (secondary N) is 1. The highest BCUT2D eigenvalue weighted by Gasteiger charge is 2.31. The molecule has 3 heterocycles. The molecule has 0 bridgehead atoms. The fourth-order valence-electron chi connectivity index (χ4n) is 4.32. The van der Waals surface area contributed by atoms with E-state index in [1.807, 2.05) is 0 Å². The lowest BCUT2D eigenvalue weighted by Crippen LogP contribution is -2.48. The van der Waals surface area contributed by atoms with E-state index in [4.69, 9.17) is 0 Å². The number of rotatable bonds is 3. The standard InChI is InChI=1S/C18H31N3O2.ClH/c1-14-12-16(5-8-19-14)18(23)20-10-6-15(7-11-20)13-21-9-3-2-4-17(21)22;/h14-16,19H,2-13H2,1H3;1H/t14-,16-;/m0./s1. The Hall–Kier alpha value is -0.810. The first-order chi connectivity index (χ1) is 11.1. The largest absolute Gasteiger partial charge is 0.342 e. The first-order valence-corrected chi connectivity index (χ1v) is 9.43. The van der Waals surface area contributed by atoms with Crippen LogP contribution in [0, 0.1) is 11.8 Å². The molecule has 3 saturated heterocycles. The summed E-state index contributed by atoms with van der Waals surface area (Å²) in [7, 11) is 0. The molecule has 138 valence electrons. The van der Waals surface area contributed by atoms with Crippen LogP contribution in [0.15, 0.2) is 0 Å². The van der Waals surface area contributed by atoms with Crippen molar-refractivity contribution in [3.8, 4) is 0 Å². The third-order valence-electron chi connectivity index (χ3n) is 5.80. The summed E-state index contributed by atoms with van der Waals surface area (Å²) in [5.41, 5.74) is 0. The quantitative estimate of drug-likeness (QED) is 0.841. The van der Waals surface area contributed by atoms with Gasteiger partial charge < -0.3 is 15.1 Å². The van der Waals surface area contributed by atoms with Gasteiger partial charge in [-0.25, -0.2) is 0 Å². The van der Waals surface area contributed by atoms with Crippen molar-refractivity contribution in [1.29, 1.82) is 0 Å². The summed E-state index contributed by atoms with van der Waals surface area (Å²) >= 11 is 0. The molecule has 0 radical (unpaired) electrons. The van der Waals surface area contributed by atoms with Gasteiger partial charge in [0.25, 0.3) is 0 Å². The minimum atomic E-state index is 0. The van der Waals surface area contributed by atoms with E-state index in [2.05, 4.69) is 22.0 Å². The molecular formula is C18H32ClN3O2. The van der Waals surface area contributed by atoms with Crippen molar-refractivity contribution in [3.63, 3.8) is 0 Å². The normalized spacial score (nSPS) is 29.3. The number of carbonyl (C=O) groups excluding carboxylic acids is 2. The van der Waals surface area contributed by atoms with Crippen molar-refractivity contribution < 1.29 is 9.59 Å². The van der Waals surface area contributed by atoms with Gasteiger partial charge in [0.15, 0.2) is 0 Å². The van der Waals surface area contributed by atoms with Crippen LogP contribution in [-0.4, -0.2) is 60.4 Å². The Kier molecular flexibility index (Phi) is 7.35. The Morgan fingerprint density at radius 3 is 2.58 bits per heavy atom. The van der Waals surface area contributed by atoms with Gasteiger partial charge in [0.1, 0.15) is 0 Å². The van der Waals surface area contributed by atoms with Crippen LogP contribution in [0.2, 0.25) is 0 Å². The molecule has 6 heteroatoms. The van der Waals surface area contributed by atoms with Crippen molar-refractivity contribution in [1.82, 2.24) is 15.1 Å². The lowest BCUT2D eigenvalue weighted by Gasteiger charge is -2.38. The fourth-order valence-corrected chi connectivity index (χ4v) is 4.32. The summed E-state index contributed by atoms with van der Waals surface area (Å²) in [6, 6.07) is 0.459. The third kappa shape index (κ3) is 4.85. The predicted octanol–water partition coefficient (Wildman–Crippen LogP) is 2.05. The van der Waals surface area contributed by atoms with Crippen LogP contribution < -0.4 is 5.32 Å². The van der Waals surface area contributed by atoms with E-state index < -0.39 is 0 Å². The van der Waals surface area contributed by atoms with E-state index in [1.165, 1.54) is 0 Å². The van der Waals surface area contributed by atoms with Gasteiger partial charge in [-0.2, -0.15) is 0 Å². The van der Waals surface area contributed by atoms with E-state index in [0.717, 1.165) is 77.7 Å². The van der Waals surface area contributed by atoms with E-state index >= 15 is 0 Å². The number of piperidine rings is 3. The maximum absolute atomic E-state index is 12.7. The van der Waals surface area contributed by atoms with E-state index in [0.29, 0.717) is 23.8 Å². The zero-order valence-corrected chi connectivity index (χ0v) is 15.7. The number of amides is 2. The van der Waals surface area contributed by atoms with Gasteiger partial charge in [0, 0.05) is 44.6 Å². The summed E-state index contributed by atoms with van der Waals surface area (Å²) < 4.78 is 0. The van der Waals surface area contributed by atoms with E-state index in [-0.39, 0.29) is 18.3 Å². The Labute approximate surface area is 151 Å². The summed E-state index contributed by atoms with van der Waals surface area (Å²) in [6.07, 6.45) is 6.98. The van der Waals surface area contributed by atoms with Crippen LogP contribution in [0.5, 0.6) is 0 Å². The van der Waals surface area contributed by atoms with Crippen molar-refractivity contribution in [2.24, 2.45) is 11.8 Å². The highest BCUT2D eigenvalue weighted by molar-refractivity contribution is 5.85. The highest BCUT2D eigenvalue weighted by Crippen LogP contribution is 2.25. The zero-order chi connectivity index (χ0) is 16.2. The minimum absolute atomic E-state index is 0. The molecule has 5 nitrogen and oxygen atoms in total. The lowest BCUT2D eigenvalue weighted by atomic mass is 9.89. The molecule has 2 amide bonds. The fraction of sp³-hybridized carbons (Fsp3) is 0.889. The molecular weight excluding hydrogens is 326 g/mol. The summed E-state index contributed by atoms with van der Waals surface area (Å²) in [5, 5.41) is 3.42. The first-order valence-electron chi connectivity index (χ1n) is 9.43. The Balaban J connectivity index is 0.00000208. The molecule has 0 aromatic heterocycles. The first kappa shape index (κ1) is 19.5. The number of carbonyl (C=O) groups is 2. The van der Waals surface area contributed by atoms with Crippen LogP contribution in [-0.2, 0) is 9.59 Å². The molecule has 0 spiro atoms.